The molecule has 0 bridgehead atoms. The van der Waals surface area contributed by atoms with Gasteiger partial charge >= 0.3 is 0 Å². The standard InChI is InChI=1S/C11H14N2/c1-2-11(13)10-5-3-4-9(8-10)6-7-12/h3-5,8,11H,2,6,13H2,1H3/t11-/m0/s1. The summed E-state index contributed by atoms with van der Waals surface area (Å²) in [5, 5.41) is 8.53. The molecule has 0 radical (unpaired) electrons. The van der Waals surface area contributed by atoms with Crippen LogP contribution in [0.3, 0.4) is 0 Å². The third-order valence-electron chi connectivity index (χ3n) is 2.10. The molecule has 0 heterocycles. The summed E-state index contributed by atoms with van der Waals surface area (Å²) >= 11 is 0. The molecule has 2 nitrogen and oxygen atoms in total. The van der Waals surface area contributed by atoms with E-state index in [9.17, 15) is 0 Å². The average molecular weight is 174 g/mol. The molecule has 0 aliphatic carbocycles. The van der Waals surface area contributed by atoms with E-state index >= 15 is 0 Å². The van der Waals surface area contributed by atoms with E-state index in [-0.39, 0.29) is 6.04 Å². The molecule has 1 atom stereocenters. The number of benzene rings is 1. The Labute approximate surface area is 79.0 Å². The minimum Gasteiger partial charge on any atom is -0.324 e. The fourth-order valence-electron chi connectivity index (χ4n) is 1.26. The lowest BCUT2D eigenvalue weighted by molar-refractivity contribution is 0.698. The van der Waals surface area contributed by atoms with E-state index in [1.807, 2.05) is 24.3 Å². The predicted octanol–water partition coefficient (Wildman–Crippen LogP) is 2.16. The Morgan fingerprint density at radius 2 is 2.31 bits per heavy atom. The van der Waals surface area contributed by atoms with E-state index in [0.29, 0.717) is 6.42 Å². The first-order valence-electron chi connectivity index (χ1n) is 4.49. The van der Waals surface area contributed by atoms with Crippen molar-refractivity contribution in [2.24, 2.45) is 5.73 Å². The number of rotatable bonds is 3. The van der Waals surface area contributed by atoms with Crippen molar-refractivity contribution in [1.82, 2.24) is 0 Å². The van der Waals surface area contributed by atoms with Gasteiger partial charge in [0, 0.05) is 6.04 Å². The van der Waals surface area contributed by atoms with Crippen LogP contribution in [-0.2, 0) is 6.42 Å². The molecular weight excluding hydrogens is 160 g/mol. The van der Waals surface area contributed by atoms with Gasteiger partial charge in [-0.05, 0) is 17.5 Å². The van der Waals surface area contributed by atoms with Gasteiger partial charge in [0.25, 0.3) is 0 Å². The molecule has 1 rings (SSSR count). The highest BCUT2D eigenvalue weighted by atomic mass is 14.6. The van der Waals surface area contributed by atoms with Crippen LogP contribution < -0.4 is 5.73 Å². The molecule has 1 aromatic carbocycles. The van der Waals surface area contributed by atoms with Crippen LogP contribution in [-0.4, -0.2) is 0 Å². The molecule has 0 aromatic heterocycles. The quantitative estimate of drug-likeness (QED) is 0.763. The van der Waals surface area contributed by atoms with Crippen LogP contribution in [0.4, 0.5) is 0 Å². The Balaban J connectivity index is 2.86. The summed E-state index contributed by atoms with van der Waals surface area (Å²) in [6.45, 7) is 2.06. The molecule has 0 fully saturated rings. The maximum atomic E-state index is 8.53. The normalized spacial score (nSPS) is 12.1. The summed E-state index contributed by atoms with van der Waals surface area (Å²) in [6.07, 6.45) is 1.39. The summed E-state index contributed by atoms with van der Waals surface area (Å²) in [4.78, 5) is 0. The van der Waals surface area contributed by atoms with Crippen molar-refractivity contribution in [3.8, 4) is 6.07 Å². The molecule has 2 heteroatoms. The van der Waals surface area contributed by atoms with Crippen molar-refractivity contribution in [3.63, 3.8) is 0 Å². The Morgan fingerprint density at radius 1 is 1.54 bits per heavy atom. The second-order valence-corrected chi connectivity index (χ2v) is 3.09. The minimum absolute atomic E-state index is 0.0960. The van der Waals surface area contributed by atoms with Crippen molar-refractivity contribution >= 4 is 0 Å². The van der Waals surface area contributed by atoms with Gasteiger partial charge in [-0.25, -0.2) is 0 Å². The lowest BCUT2D eigenvalue weighted by Gasteiger charge is -2.09. The number of hydrogen-bond donors (Lipinski definition) is 1. The van der Waals surface area contributed by atoms with Gasteiger partial charge in [0.15, 0.2) is 0 Å². The third-order valence-corrected chi connectivity index (χ3v) is 2.10. The van der Waals surface area contributed by atoms with Gasteiger partial charge in [-0.1, -0.05) is 31.2 Å². The number of nitrogens with zero attached hydrogens (tertiary/aromatic N) is 1. The molecule has 0 aliphatic heterocycles. The summed E-state index contributed by atoms with van der Waals surface area (Å²) in [5.74, 6) is 0. The molecule has 0 spiro atoms. The molecule has 0 saturated carbocycles. The SMILES string of the molecule is CC[C@H](N)c1cccc(CC#N)c1. The number of nitrogens with two attached hydrogens (primary N) is 1. The highest BCUT2D eigenvalue weighted by molar-refractivity contribution is 5.27. The van der Waals surface area contributed by atoms with Crippen LogP contribution in [0.15, 0.2) is 24.3 Å². The molecular formula is C11H14N2. The maximum Gasteiger partial charge on any atom is 0.0669 e. The predicted molar refractivity (Wildman–Crippen MR) is 53.0 cm³/mol. The fourth-order valence-corrected chi connectivity index (χ4v) is 1.26. The van der Waals surface area contributed by atoms with E-state index in [4.69, 9.17) is 11.0 Å². The zero-order chi connectivity index (χ0) is 9.68. The Morgan fingerprint density at radius 3 is 2.92 bits per heavy atom. The van der Waals surface area contributed by atoms with Crippen molar-refractivity contribution in [3.05, 3.63) is 35.4 Å². The molecule has 13 heavy (non-hydrogen) atoms. The van der Waals surface area contributed by atoms with E-state index in [1.165, 1.54) is 0 Å². The Hall–Kier alpha value is -1.33. The van der Waals surface area contributed by atoms with Crippen LogP contribution in [0.1, 0.15) is 30.5 Å². The average Bonchev–Trinajstić information content (AvgIpc) is 2.18. The Kier molecular flexibility index (Phi) is 3.48. The second-order valence-electron chi connectivity index (χ2n) is 3.09. The van der Waals surface area contributed by atoms with Crippen LogP contribution >= 0.6 is 0 Å². The van der Waals surface area contributed by atoms with Crippen molar-refractivity contribution in [2.75, 3.05) is 0 Å². The van der Waals surface area contributed by atoms with Crippen LogP contribution in [0, 0.1) is 11.3 Å². The molecule has 0 amide bonds. The van der Waals surface area contributed by atoms with Gasteiger partial charge in [0.1, 0.15) is 0 Å². The highest BCUT2D eigenvalue weighted by Crippen LogP contribution is 2.15. The maximum absolute atomic E-state index is 8.53. The van der Waals surface area contributed by atoms with Crippen LogP contribution in [0.25, 0.3) is 0 Å². The first kappa shape index (κ1) is 9.76. The van der Waals surface area contributed by atoms with Crippen molar-refractivity contribution in [2.45, 2.75) is 25.8 Å². The van der Waals surface area contributed by atoms with E-state index in [0.717, 1.165) is 17.5 Å². The summed E-state index contributed by atoms with van der Waals surface area (Å²) < 4.78 is 0. The van der Waals surface area contributed by atoms with E-state index in [1.54, 1.807) is 0 Å². The highest BCUT2D eigenvalue weighted by Gasteiger charge is 2.02. The molecule has 0 aliphatic rings. The van der Waals surface area contributed by atoms with Crippen molar-refractivity contribution < 1.29 is 0 Å². The van der Waals surface area contributed by atoms with Crippen molar-refractivity contribution in [1.29, 1.82) is 5.26 Å². The number of nitriles is 1. The topological polar surface area (TPSA) is 49.8 Å². The molecule has 0 saturated heterocycles. The molecule has 2 N–H and O–H groups in total. The zero-order valence-corrected chi connectivity index (χ0v) is 7.83. The lowest BCUT2D eigenvalue weighted by atomic mass is 10.0. The van der Waals surface area contributed by atoms with Gasteiger partial charge in [-0.3, -0.25) is 0 Å². The fraction of sp³-hybridized carbons (Fsp3) is 0.364. The molecule has 0 unspecified atom stereocenters. The van der Waals surface area contributed by atoms with E-state index in [2.05, 4.69) is 13.0 Å². The van der Waals surface area contributed by atoms with Gasteiger partial charge in [0.05, 0.1) is 12.5 Å². The largest absolute Gasteiger partial charge is 0.324 e. The summed E-state index contributed by atoms with van der Waals surface area (Å²) in [6, 6.07) is 10.2. The first-order valence-corrected chi connectivity index (χ1v) is 4.49. The van der Waals surface area contributed by atoms with E-state index < -0.39 is 0 Å². The monoisotopic (exact) mass is 174 g/mol. The van der Waals surface area contributed by atoms with Crippen LogP contribution in [0.5, 0.6) is 0 Å². The number of hydrogen-bond acceptors (Lipinski definition) is 2. The van der Waals surface area contributed by atoms with Gasteiger partial charge < -0.3 is 5.73 Å². The lowest BCUT2D eigenvalue weighted by Crippen LogP contribution is -2.08. The Bertz CT molecular complexity index is 312. The first-order chi connectivity index (χ1) is 6.27. The molecule has 1 aromatic rings. The molecule has 68 valence electrons. The zero-order valence-electron chi connectivity index (χ0n) is 7.83. The van der Waals surface area contributed by atoms with Crippen LogP contribution in [0.2, 0.25) is 0 Å². The minimum atomic E-state index is 0.0960. The smallest absolute Gasteiger partial charge is 0.0669 e. The summed E-state index contributed by atoms with van der Waals surface area (Å²) in [5.41, 5.74) is 8.04. The van der Waals surface area contributed by atoms with Gasteiger partial charge in [0.2, 0.25) is 0 Å². The van der Waals surface area contributed by atoms with Gasteiger partial charge in [-0.2, -0.15) is 5.26 Å². The second kappa shape index (κ2) is 4.64. The van der Waals surface area contributed by atoms with Gasteiger partial charge in [-0.15, -0.1) is 0 Å². The summed E-state index contributed by atoms with van der Waals surface area (Å²) in [7, 11) is 0. The third kappa shape index (κ3) is 2.57.